The molecule has 130 valence electrons. The lowest BCUT2D eigenvalue weighted by Crippen LogP contribution is -2.46. The van der Waals surface area contributed by atoms with Crippen LogP contribution in [0.25, 0.3) is 0 Å². The highest BCUT2D eigenvalue weighted by molar-refractivity contribution is 5.82. The summed E-state index contributed by atoms with van der Waals surface area (Å²) in [6.45, 7) is 1.84. The molecule has 1 fully saturated rings. The number of ether oxygens (including phenoxy) is 1. The van der Waals surface area contributed by atoms with E-state index in [1.807, 2.05) is 36.4 Å². The van der Waals surface area contributed by atoms with E-state index in [-0.39, 0.29) is 12.0 Å². The first-order valence-electron chi connectivity index (χ1n) is 8.95. The fraction of sp³-hybridized carbons (Fsp3) is 0.550. The molecule has 3 rings (SSSR count). The van der Waals surface area contributed by atoms with E-state index >= 15 is 0 Å². The minimum atomic E-state index is -1.60. The molecule has 1 N–H and O–H groups in total. The van der Waals surface area contributed by atoms with Crippen molar-refractivity contribution in [2.45, 2.75) is 43.8 Å². The van der Waals surface area contributed by atoms with Gasteiger partial charge in [-0.15, -0.1) is 0 Å². The number of nitrogens with zero attached hydrogens (tertiary/aromatic N) is 1. The van der Waals surface area contributed by atoms with Gasteiger partial charge in [0.25, 0.3) is 0 Å². The van der Waals surface area contributed by atoms with Crippen molar-refractivity contribution in [3.63, 3.8) is 0 Å². The third-order valence-corrected chi connectivity index (χ3v) is 5.26. The molecule has 2 atom stereocenters. The monoisotopic (exact) mass is 329 g/mol. The second-order valence-electron chi connectivity index (χ2n) is 7.01. The van der Waals surface area contributed by atoms with Crippen LogP contribution in [0.1, 0.15) is 37.7 Å². The quantitative estimate of drug-likeness (QED) is 0.682. The molecule has 1 heterocycles. The predicted octanol–water partition coefficient (Wildman–Crippen LogP) is 2.87. The Morgan fingerprint density at radius 2 is 1.92 bits per heavy atom. The van der Waals surface area contributed by atoms with E-state index in [0.717, 1.165) is 45.2 Å². The van der Waals surface area contributed by atoms with E-state index in [0.29, 0.717) is 5.56 Å². The number of carbonyl (C=O) groups is 1. The summed E-state index contributed by atoms with van der Waals surface area (Å²) in [5.41, 5.74) is -0.971. The Balaban J connectivity index is 1.82. The highest BCUT2D eigenvalue weighted by Crippen LogP contribution is 2.38. The summed E-state index contributed by atoms with van der Waals surface area (Å²) in [5, 5.41) is 11.4. The molecular weight excluding hydrogens is 302 g/mol. The number of rotatable bonds is 4. The van der Waals surface area contributed by atoms with E-state index < -0.39 is 11.6 Å². The van der Waals surface area contributed by atoms with Crippen molar-refractivity contribution in [2.24, 2.45) is 5.92 Å². The summed E-state index contributed by atoms with van der Waals surface area (Å²) in [4.78, 5) is 15.2. The molecule has 0 radical (unpaired) electrons. The summed E-state index contributed by atoms with van der Waals surface area (Å²) in [5.74, 6) is -0.729. The van der Waals surface area contributed by atoms with Gasteiger partial charge in [-0.3, -0.25) is 0 Å². The molecule has 1 saturated heterocycles. The van der Waals surface area contributed by atoms with Crippen LogP contribution >= 0.6 is 0 Å². The summed E-state index contributed by atoms with van der Waals surface area (Å²) in [7, 11) is 2.07. The van der Waals surface area contributed by atoms with Gasteiger partial charge in [-0.2, -0.15) is 0 Å². The van der Waals surface area contributed by atoms with Gasteiger partial charge in [0.15, 0.2) is 5.60 Å². The molecule has 0 bridgehead atoms. The Kier molecular flexibility index (Phi) is 5.36. The number of hydrogen-bond acceptors (Lipinski definition) is 4. The summed E-state index contributed by atoms with van der Waals surface area (Å²) in [6.07, 6.45) is 8.38. The molecule has 1 aromatic rings. The molecule has 2 aliphatic rings. The third kappa shape index (κ3) is 3.55. The maximum absolute atomic E-state index is 13.0. The van der Waals surface area contributed by atoms with Crippen molar-refractivity contribution >= 4 is 5.97 Å². The summed E-state index contributed by atoms with van der Waals surface area (Å²) >= 11 is 0. The molecular formula is C20H27NO3. The van der Waals surface area contributed by atoms with Crippen LogP contribution in [0, 0.1) is 5.92 Å². The van der Waals surface area contributed by atoms with E-state index in [9.17, 15) is 9.90 Å². The minimum Gasteiger partial charge on any atom is -0.460 e. The van der Waals surface area contributed by atoms with Crippen molar-refractivity contribution < 1.29 is 14.6 Å². The average molecular weight is 329 g/mol. The second-order valence-corrected chi connectivity index (χ2v) is 7.01. The summed E-state index contributed by atoms with van der Waals surface area (Å²) < 4.78 is 5.76. The Labute approximate surface area is 144 Å². The van der Waals surface area contributed by atoms with Gasteiger partial charge in [0, 0.05) is 19.0 Å². The molecule has 24 heavy (non-hydrogen) atoms. The molecule has 1 aliphatic heterocycles. The van der Waals surface area contributed by atoms with Crippen LogP contribution in [0.15, 0.2) is 42.5 Å². The van der Waals surface area contributed by atoms with Crippen molar-refractivity contribution in [1.82, 2.24) is 4.90 Å². The Bertz CT molecular complexity index is 578. The highest BCUT2D eigenvalue weighted by atomic mass is 16.6. The van der Waals surface area contributed by atoms with Gasteiger partial charge < -0.3 is 14.7 Å². The normalized spacial score (nSPS) is 25.2. The molecule has 2 unspecified atom stereocenters. The molecule has 0 amide bonds. The lowest BCUT2D eigenvalue weighted by molar-refractivity contribution is -0.179. The molecule has 0 aromatic heterocycles. The first-order valence-corrected chi connectivity index (χ1v) is 8.95. The van der Waals surface area contributed by atoms with Crippen molar-refractivity contribution in [2.75, 3.05) is 20.1 Å². The Morgan fingerprint density at radius 1 is 1.21 bits per heavy atom. The van der Waals surface area contributed by atoms with Gasteiger partial charge in [-0.05, 0) is 44.7 Å². The summed E-state index contributed by atoms with van der Waals surface area (Å²) in [6, 6.07) is 9.24. The van der Waals surface area contributed by atoms with Crippen molar-refractivity contribution in [1.29, 1.82) is 0 Å². The first-order chi connectivity index (χ1) is 11.6. The van der Waals surface area contributed by atoms with Crippen LogP contribution in [-0.4, -0.2) is 42.2 Å². The molecule has 0 saturated carbocycles. The average Bonchev–Trinajstić information content (AvgIpc) is 2.64. The number of carbonyl (C=O) groups excluding carboxylic acids is 1. The van der Waals surface area contributed by atoms with Gasteiger partial charge in [0.2, 0.25) is 0 Å². The van der Waals surface area contributed by atoms with Crippen LogP contribution < -0.4 is 0 Å². The van der Waals surface area contributed by atoms with Gasteiger partial charge in [-0.25, -0.2) is 4.79 Å². The zero-order valence-electron chi connectivity index (χ0n) is 14.4. The fourth-order valence-electron chi connectivity index (χ4n) is 3.68. The van der Waals surface area contributed by atoms with Crippen molar-refractivity contribution in [3.05, 3.63) is 48.0 Å². The topological polar surface area (TPSA) is 49.8 Å². The van der Waals surface area contributed by atoms with Gasteiger partial charge >= 0.3 is 5.97 Å². The number of aliphatic hydroxyl groups is 1. The lowest BCUT2D eigenvalue weighted by Gasteiger charge is -2.37. The maximum atomic E-state index is 13.0. The number of allylic oxidation sites excluding steroid dienone is 1. The van der Waals surface area contributed by atoms with Gasteiger partial charge in [-0.1, -0.05) is 42.5 Å². The lowest BCUT2D eigenvalue weighted by atomic mass is 9.76. The Morgan fingerprint density at radius 3 is 2.54 bits per heavy atom. The number of likely N-dealkylation sites (tertiary alicyclic amines) is 1. The standard InChI is InChI=1S/C20H27NO3/c1-21-14-12-18(13-15-21)24-19(22)20(23,16-8-4-2-5-9-16)17-10-6-3-7-11-17/h2,4-6,8-10,17-18,23H,3,7,11-15H2,1H3. The van der Waals surface area contributed by atoms with E-state index in [1.165, 1.54) is 0 Å². The zero-order valence-corrected chi connectivity index (χ0v) is 14.4. The number of esters is 1. The molecule has 4 heteroatoms. The third-order valence-electron chi connectivity index (χ3n) is 5.26. The molecule has 0 spiro atoms. The molecule has 1 aromatic carbocycles. The van der Waals surface area contributed by atoms with E-state index in [4.69, 9.17) is 4.74 Å². The fourth-order valence-corrected chi connectivity index (χ4v) is 3.68. The number of piperidine rings is 1. The highest BCUT2D eigenvalue weighted by Gasteiger charge is 2.47. The number of hydrogen-bond donors (Lipinski definition) is 1. The van der Waals surface area contributed by atoms with Crippen LogP contribution in [0.5, 0.6) is 0 Å². The Hall–Kier alpha value is -1.65. The predicted molar refractivity (Wildman–Crippen MR) is 93.4 cm³/mol. The maximum Gasteiger partial charge on any atom is 0.343 e. The SMILES string of the molecule is CN1CCC(OC(=O)C(O)(c2ccccc2)C2C=CCCC2)CC1. The van der Waals surface area contributed by atoms with E-state index in [2.05, 4.69) is 18.0 Å². The van der Waals surface area contributed by atoms with Crippen molar-refractivity contribution in [3.8, 4) is 0 Å². The van der Waals surface area contributed by atoms with Gasteiger partial charge in [0.05, 0.1) is 0 Å². The molecule has 1 aliphatic carbocycles. The van der Waals surface area contributed by atoms with Crippen LogP contribution in [0.2, 0.25) is 0 Å². The zero-order chi connectivity index (χ0) is 17.0. The first kappa shape index (κ1) is 17.2. The largest absolute Gasteiger partial charge is 0.460 e. The minimum absolute atomic E-state index is 0.100. The van der Waals surface area contributed by atoms with E-state index in [1.54, 1.807) is 0 Å². The molecule has 4 nitrogen and oxygen atoms in total. The van der Waals surface area contributed by atoms with Crippen LogP contribution in [0.4, 0.5) is 0 Å². The second kappa shape index (κ2) is 7.49. The smallest absolute Gasteiger partial charge is 0.343 e. The van der Waals surface area contributed by atoms with Gasteiger partial charge in [0.1, 0.15) is 6.10 Å². The van der Waals surface area contributed by atoms with Crippen LogP contribution in [0.3, 0.4) is 0 Å². The number of benzene rings is 1. The van der Waals surface area contributed by atoms with Crippen LogP contribution in [-0.2, 0) is 15.1 Å².